The molecule has 9 heteroatoms. The molecule has 1 saturated heterocycles. The van der Waals surface area contributed by atoms with E-state index in [4.69, 9.17) is 9.94 Å². The maximum Gasteiger partial charge on any atom is 0.251 e. The molecule has 9 nitrogen and oxygen atoms in total. The van der Waals surface area contributed by atoms with Gasteiger partial charge in [-0.25, -0.2) is 5.48 Å². The van der Waals surface area contributed by atoms with Gasteiger partial charge in [0.25, 0.3) is 5.91 Å². The highest BCUT2D eigenvalue weighted by molar-refractivity contribution is 5.94. The van der Waals surface area contributed by atoms with Crippen LogP contribution < -0.4 is 15.5 Å². The summed E-state index contributed by atoms with van der Waals surface area (Å²) in [5.74, 6) is -0.563. The molecule has 1 aromatic heterocycles. The number of nitrogens with zero attached hydrogens (tertiary/aromatic N) is 2. The number of aryl methyl sites for hydroxylation is 1. The quantitative estimate of drug-likeness (QED) is 0.330. The molecule has 36 heavy (non-hydrogen) atoms. The van der Waals surface area contributed by atoms with Crippen LogP contribution in [-0.4, -0.2) is 51.9 Å². The zero-order valence-corrected chi connectivity index (χ0v) is 20.4. The van der Waals surface area contributed by atoms with E-state index in [1.165, 1.54) is 0 Å². The number of ether oxygens (including phenoxy) is 1. The minimum Gasteiger partial charge on any atom is -0.489 e. The van der Waals surface area contributed by atoms with Crippen molar-refractivity contribution in [2.24, 2.45) is 5.92 Å². The Balaban J connectivity index is 1.40. The van der Waals surface area contributed by atoms with Gasteiger partial charge in [-0.05, 0) is 43.3 Å². The maximum atomic E-state index is 12.9. The molecule has 3 aromatic rings. The van der Waals surface area contributed by atoms with E-state index in [1.807, 2.05) is 37.3 Å². The molecule has 0 aliphatic carbocycles. The maximum absolute atomic E-state index is 12.9. The van der Waals surface area contributed by atoms with Crippen molar-refractivity contribution < 1.29 is 24.3 Å². The predicted molar refractivity (Wildman–Crippen MR) is 133 cm³/mol. The third kappa shape index (κ3) is 5.80. The van der Waals surface area contributed by atoms with Crippen molar-refractivity contribution in [2.75, 3.05) is 13.1 Å². The average molecular weight is 491 g/mol. The molecule has 1 aliphatic rings. The largest absolute Gasteiger partial charge is 0.489 e. The first-order valence-corrected chi connectivity index (χ1v) is 12.0. The molecular weight excluding hydrogens is 460 g/mol. The molecule has 2 heterocycles. The summed E-state index contributed by atoms with van der Waals surface area (Å²) in [6.45, 7) is 4.76. The number of likely N-dealkylation sites (tertiary alicyclic amines) is 1. The Morgan fingerprint density at radius 3 is 2.58 bits per heavy atom. The van der Waals surface area contributed by atoms with Crippen molar-refractivity contribution in [3.8, 4) is 5.75 Å². The smallest absolute Gasteiger partial charge is 0.251 e. The van der Waals surface area contributed by atoms with E-state index < -0.39 is 11.9 Å². The Morgan fingerprint density at radius 1 is 1.11 bits per heavy atom. The second kappa shape index (κ2) is 11.2. The van der Waals surface area contributed by atoms with Gasteiger partial charge in [-0.2, -0.15) is 0 Å². The lowest BCUT2D eigenvalue weighted by Crippen LogP contribution is -2.42. The second-order valence-corrected chi connectivity index (χ2v) is 8.98. The van der Waals surface area contributed by atoms with Crippen LogP contribution in [0.25, 0.3) is 10.9 Å². The standard InChI is InChI=1S/C27H30N4O5/c1-3-26(33)31-14-19(13-25(32)30-35)24(15-31)29-27(34)18-8-10-21(11-9-18)36-16-20-12-17(2)28-23-7-5-4-6-22(20)23/h4-12,19,24,35H,3,13-16H2,1-2H3,(H,29,34)(H,30,32)/t19-,24+/m0/s1. The number of para-hydroxylation sites is 1. The Hall–Kier alpha value is -3.98. The number of nitrogens with one attached hydrogen (secondary N) is 2. The molecule has 4 rings (SSSR count). The number of aromatic nitrogens is 1. The fraction of sp³-hybridized carbons (Fsp3) is 0.333. The number of hydrogen-bond donors (Lipinski definition) is 3. The lowest BCUT2D eigenvalue weighted by atomic mass is 9.99. The summed E-state index contributed by atoms with van der Waals surface area (Å²) < 4.78 is 5.98. The second-order valence-electron chi connectivity index (χ2n) is 8.98. The highest BCUT2D eigenvalue weighted by Gasteiger charge is 2.36. The average Bonchev–Trinajstić information content (AvgIpc) is 3.28. The molecule has 0 saturated carbocycles. The molecule has 0 spiro atoms. The summed E-state index contributed by atoms with van der Waals surface area (Å²) in [5, 5.41) is 12.9. The van der Waals surface area contributed by atoms with E-state index in [0.29, 0.717) is 37.4 Å². The van der Waals surface area contributed by atoms with E-state index in [1.54, 1.807) is 41.6 Å². The Kier molecular flexibility index (Phi) is 7.80. The number of fused-ring (bicyclic) bond motifs is 1. The minimum absolute atomic E-state index is 0.00484. The molecule has 3 amide bonds. The number of rotatable bonds is 8. The van der Waals surface area contributed by atoms with Crippen molar-refractivity contribution >= 4 is 28.6 Å². The van der Waals surface area contributed by atoms with Crippen molar-refractivity contribution in [1.82, 2.24) is 20.7 Å². The van der Waals surface area contributed by atoms with Crippen molar-refractivity contribution in [3.05, 3.63) is 71.4 Å². The van der Waals surface area contributed by atoms with Crippen LogP contribution in [0, 0.1) is 12.8 Å². The van der Waals surface area contributed by atoms with E-state index in [2.05, 4.69) is 10.3 Å². The van der Waals surface area contributed by atoms with Crippen LogP contribution in [0.1, 0.15) is 41.4 Å². The highest BCUT2D eigenvalue weighted by Crippen LogP contribution is 2.23. The third-order valence-corrected chi connectivity index (χ3v) is 6.43. The number of benzene rings is 2. The number of amides is 3. The van der Waals surface area contributed by atoms with E-state index in [0.717, 1.165) is 22.2 Å². The Labute approximate surface area is 209 Å². The van der Waals surface area contributed by atoms with Gasteiger partial charge in [-0.3, -0.25) is 24.6 Å². The first kappa shape index (κ1) is 25.1. The number of hydroxylamine groups is 1. The van der Waals surface area contributed by atoms with Crippen LogP contribution in [0.3, 0.4) is 0 Å². The summed E-state index contributed by atoms with van der Waals surface area (Å²) in [7, 11) is 0. The van der Waals surface area contributed by atoms with Crippen LogP contribution >= 0.6 is 0 Å². The number of carbonyl (C=O) groups excluding carboxylic acids is 3. The first-order chi connectivity index (χ1) is 17.4. The molecular formula is C27H30N4O5. The van der Waals surface area contributed by atoms with Gasteiger partial charge in [0, 0.05) is 54.1 Å². The minimum atomic E-state index is -0.552. The van der Waals surface area contributed by atoms with Crippen molar-refractivity contribution in [2.45, 2.75) is 39.3 Å². The predicted octanol–water partition coefficient (Wildman–Crippen LogP) is 2.98. The topological polar surface area (TPSA) is 121 Å². The normalized spacial score (nSPS) is 17.1. The van der Waals surface area contributed by atoms with E-state index in [-0.39, 0.29) is 24.2 Å². The van der Waals surface area contributed by atoms with Crippen LogP contribution in [0.4, 0.5) is 0 Å². The third-order valence-electron chi connectivity index (χ3n) is 6.43. The molecule has 0 unspecified atom stereocenters. The summed E-state index contributed by atoms with van der Waals surface area (Å²) >= 11 is 0. The fourth-order valence-corrected chi connectivity index (χ4v) is 4.58. The van der Waals surface area contributed by atoms with Gasteiger partial charge in [0.2, 0.25) is 11.8 Å². The monoisotopic (exact) mass is 490 g/mol. The van der Waals surface area contributed by atoms with Crippen LogP contribution in [0.2, 0.25) is 0 Å². The lowest BCUT2D eigenvalue weighted by Gasteiger charge is -2.19. The fourth-order valence-electron chi connectivity index (χ4n) is 4.58. The Morgan fingerprint density at radius 2 is 1.86 bits per heavy atom. The molecule has 1 aliphatic heterocycles. The van der Waals surface area contributed by atoms with E-state index in [9.17, 15) is 14.4 Å². The van der Waals surface area contributed by atoms with Gasteiger partial charge >= 0.3 is 0 Å². The van der Waals surface area contributed by atoms with Gasteiger partial charge in [-0.1, -0.05) is 25.1 Å². The molecule has 2 atom stereocenters. The van der Waals surface area contributed by atoms with Gasteiger partial charge in [0.05, 0.1) is 11.6 Å². The van der Waals surface area contributed by atoms with Crippen LogP contribution in [0.15, 0.2) is 54.6 Å². The van der Waals surface area contributed by atoms with Gasteiger partial charge < -0.3 is 15.0 Å². The van der Waals surface area contributed by atoms with Gasteiger partial charge in [-0.15, -0.1) is 0 Å². The lowest BCUT2D eigenvalue weighted by molar-refractivity contribution is -0.132. The SMILES string of the molecule is CCC(=O)N1C[C@H](CC(=O)NO)[C@H](NC(=O)c2ccc(OCc3cc(C)nc4ccccc34)cc2)C1. The van der Waals surface area contributed by atoms with Crippen molar-refractivity contribution in [3.63, 3.8) is 0 Å². The Bertz CT molecular complexity index is 1260. The van der Waals surface area contributed by atoms with Gasteiger partial charge in [0.1, 0.15) is 12.4 Å². The molecule has 0 bridgehead atoms. The summed E-state index contributed by atoms with van der Waals surface area (Å²) in [6, 6.07) is 16.4. The highest BCUT2D eigenvalue weighted by atomic mass is 16.5. The molecule has 0 radical (unpaired) electrons. The molecule has 1 fully saturated rings. The zero-order chi connectivity index (χ0) is 25.7. The molecule has 188 valence electrons. The number of pyridine rings is 1. The van der Waals surface area contributed by atoms with Crippen LogP contribution in [0.5, 0.6) is 5.75 Å². The molecule has 2 aromatic carbocycles. The summed E-state index contributed by atoms with van der Waals surface area (Å²) in [4.78, 5) is 43.0. The van der Waals surface area contributed by atoms with E-state index >= 15 is 0 Å². The van der Waals surface area contributed by atoms with Crippen molar-refractivity contribution in [1.29, 1.82) is 0 Å². The summed E-state index contributed by atoms with van der Waals surface area (Å²) in [6.07, 6.45) is 0.348. The zero-order valence-electron chi connectivity index (χ0n) is 20.4. The number of hydrogen-bond acceptors (Lipinski definition) is 6. The van der Waals surface area contributed by atoms with Gasteiger partial charge in [0.15, 0.2) is 0 Å². The number of carbonyl (C=O) groups is 3. The first-order valence-electron chi connectivity index (χ1n) is 12.0. The van der Waals surface area contributed by atoms with Crippen LogP contribution in [-0.2, 0) is 16.2 Å². The summed E-state index contributed by atoms with van der Waals surface area (Å²) in [5.41, 5.74) is 4.94. The molecule has 3 N–H and O–H groups in total.